The van der Waals surface area contributed by atoms with Gasteiger partial charge in [-0.25, -0.2) is 0 Å². The van der Waals surface area contributed by atoms with E-state index in [-0.39, 0.29) is 34.4 Å². The number of carbonyl (C=O) groups excluding carboxylic acids is 2. The van der Waals surface area contributed by atoms with Gasteiger partial charge in [0.25, 0.3) is 23.0 Å². The molecule has 1 aliphatic rings. The van der Waals surface area contributed by atoms with Crippen LogP contribution in [-0.2, 0) is 0 Å². The molecule has 1 N–H and O–H groups in total. The zero-order valence-electron chi connectivity index (χ0n) is 19.8. The van der Waals surface area contributed by atoms with E-state index in [4.69, 9.17) is 0 Å². The van der Waals surface area contributed by atoms with Crippen molar-refractivity contribution in [2.24, 2.45) is 0 Å². The minimum absolute atomic E-state index is 0.129. The molecule has 0 spiro atoms. The quantitative estimate of drug-likeness (QED) is 0.183. The lowest BCUT2D eigenvalue weighted by Crippen LogP contribution is -2.25. The predicted molar refractivity (Wildman–Crippen MR) is 130 cm³/mol. The van der Waals surface area contributed by atoms with Gasteiger partial charge in [-0.05, 0) is 6.42 Å². The maximum atomic E-state index is 13.0. The molecule has 0 saturated heterocycles. The molecule has 0 radical (unpaired) electrons. The first-order chi connectivity index (χ1) is 17.2. The van der Waals surface area contributed by atoms with Gasteiger partial charge in [0.15, 0.2) is 5.78 Å². The van der Waals surface area contributed by atoms with Gasteiger partial charge in [0.05, 0.1) is 32.0 Å². The highest BCUT2D eigenvalue weighted by molar-refractivity contribution is 6.26. The number of benzene rings is 2. The topological polar surface area (TPSA) is 176 Å². The summed E-state index contributed by atoms with van der Waals surface area (Å²) in [5.41, 5.74) is -3.20. The number of hydrogen-bond donors (Lipinski definition) is 1. The lowest BCUT2D eigenvalue weighted by Gasteiger charge is -2.10. The van der Waals surface area contributed by atoms with Crippen LogP contribution in [0.1, 0.15) is 84.6 Å². The van der Waals surface area contributed by atoms with Crippen LogP contribution in [0.25, 0.3) is 11.1 Å². The molecule has 0 unspecified atom stereocenters. The average molecular weight is 498 g/mol. The van der Waals surface area contributed by atoms with E-state index in [2.05, 4.69) is 12.2 Å². The maximum Gasteiger partial charge on any atom is 0.284 e. The van der Waals surface area contributed by atoms with Crippen molar-refractivity contribution in [2.45, 2.75) is 58.3 Å². The minimum atomic E-state index is -0.877. The second-order valence-corrected chi connectivity index (χ2v) is 8.63. The fraction of sp³-hybridized carbons (Fsp3) is 0.417. The molecule has 0 aromatic heterocycles. The van der Waals surface area contributed by atoms with Crippen molar-refractivity contribution in [3.63, 3.8) is 0 Å². The van der Waals surface area contributed by atoms with Gasteiger partial charge >= 0.3 is 0 Å². The van der Waals surface area contributed by atoms with E-state index in [0.717, 1.165) is 43.9 Å². The summed E-state index contributed by atoms with van der Waals surface area (Å²) in [5.74, 6) is -1.57. The van der Waals surface area contributed by atoms with Crippen molar-refractivity contribution in [2.75, 3.05) is 6.54 Å². The van der Waals surface area contributed by atoms with E-state index < -0.39 is 43.5 Å². The molecular weight excluding hydrogens is 472 g/mol. The fourth-order valence-electron chi connectivity index (χ4n) is 4.36. The molecule has 3 rings (SSSR count). The average Bonchev–Trinajstić information content (AvgIpc) is 3.13. The van der Waals surface area contributed by atoms with Crippen molar-refractivity contribution in [3.05, 3.63) is 71.3 Å². The van der Waals surface area contributed by atoms with Crippen LogP contribution in [0.5, 0.6) is 0 Å². The Bertz CT molecular complexity index is 1240. The number of hydrogen-bond acceptors (Lipinski definition) is 8. The van der Waals surface area contributed by atoms with E-state index in [9.17, 15) is 39.9 Å². The number of unbranched alkanes of at least 4 members (excludes halogenated alkanes) is 7. The number of ketones is 1. The Hall–Kier alpha value is -4.22. The van der Waals surface area contributed by atoms with E-state index in [1.165, 1.54) is 19.3 Å². The smallest absolute Gasteiger partial charge is 0.284 e. The molecule has 0 bridgehead atoms. The Labute approximate surface area is 206 Å². The third-order valence-corrected chi connectivity index (χ3v) is 6.14. The van der Waals surface area contributed by atoms with Crippen molar-refractivity contribution >= 4 is 28.8 Å². The van der Waals surface area contributed by atoms with Crippen molar-refractivity contribution in [1.82, 2.24) is 5.32 Å². The molecule has 0 atom stereocenters. The zero-order chi connectivity index (χ0) is 26.4. The highest BCUT2D eigenvalue weighted by Crippen LogP contribution is 2.47. The summed E-state index contributed by atoms with van der Waals surface area (Å²) in [5, 5.41) is 37.1. The third kappa shape index (κ3) is 5.53. The van der Waals surface area contributed by atoms with Crippen LogP contribution in [0.15, 0.2) is 24.3 Å². The zero-order valence-corrected chi connectivity index (χ0v) is 19.8. The van der Waals surface area contributed by atoms with E-state index >= 15 is 0 Å². The molecule has 1 amide bonds. The number of carbonyl (C=O) groups is 2. The predicted octanol–water partition coefficient (Wildman–Crippen LogP) is 5.49. The summed E-state index contributed by atoms with van der Waals surface area (Å²) in [6.45, 7) is 2.43. The van der Waals surface area contributed by atoms with Crippen LogP contribution in [-0.4, -0.2) is 33.0 Å². The monoisotopic (exact) mass is 498 g/mol. The number of nitro groups is 3. The Kier molecular flexibility index (Phi) is 8.41. The number of fused-ring (bicyclic) bond motifs is 3. The molecule has 36 heavy (non-hydrogen) atoms. The number of nitro benzene ring substituents is 3. The molecule has 0 fully saturated rings. The fourth-order valence-corrected chi connectivity index (χ4v) is 4.36. The standard InChI is InChI=1S/C24H26N4O8/c1-2-3-4-5-6-7-8-9-10-25-24(30)19-13-15(26(31)32)11-17-21(19)22-18(23(17)29)12-16(27(33)34)14-20(22)28(35)36/h11-14H,2-10H2,1H3,(H,25,30). The summed E-state index contributed by atoms with van der Waals surface area (Å²) < 4.78 is 0. The van der Waals surface area contributed by atoms with Crippen LogP contribution in [0.3, 0.4) is 0 Å². The number of rotatable bonds is 13. The summed E-state index contributed by atoms with van der Waals surface area (Å²) >= 11 is 0. The van der Waals surface area contributed by atoms with Crippen LogP contribution in [0.2, 0.25) is 0 Å². The maximum absolute atomic E-state index is 13.0. The van der Waals surface area contributed by atoms with Gasteiger partial charge in [0.2, 0.25) is 0 Å². The van der Waals surface area contributed by atoms with Gasteiger partial charge < -0.3 is 5.32 Å². The molecule has 190 valence electrons. The Morgan fingerprint density at radius 2 is 1.28 bits per heavy atom. The molecule has 12 nitrogen and oxygen atoms in total. The SMILES string of the molecule is CCCCCCCCCCNC(=O)c1cc([N+](=O)[O-])cc2c1-c1c(cc([N+](=O)[O-])cc1[N+](=O)[O-])C2=O. The number of nitrogens with zero attached hydrogens (tertiary/aromatic N) is 3. The molecule has 12 heteroatoms. The molecule has 0 aliphatic heterocycles. The lowest BCUT2D eigenvalue weighted by atomic mass is 9.96. The van der Waals surface area contributed by atoms with Gasteiger partial charge in [0, 0.05) is 41.4 Å². The number of non-ortho nitro benzene ring substituents is 2. The Balaban J connectivity index is 1.90. The second kappa shape index (κ2) is 11.5. The minimum Gasteiger partial charge on any atom is -0.352 e. The molecule has 2 aromatic rings. The largest absolute Gasteiger partial charge is 0.352 e. The van der Waals surface area contributed by atoms with E-state index in [0.29, 0.717) is 12.5 Å². The van der Waals surface area contributed by atoms with Gasteiger partial charge in [-0.2, -0.15) is 0 Å². The highest BCUT2D eigenvalue weighted by Gasteiger charge is 2.40. The summed E-state index contributed by atoms with van der Waals surface area (Å²) in [7, 11) is 0. The normalized spacial score (nSPS) is 11.6. The summed E-state index contributed by atoms with van der Waals surface area (Å²) in [6.07, 6.45) is 8.41. The third-order valence-electron chi connectivity index (χ3n) is 6.14. The van der Waals surface area contributed by atoms with Crippen LogP contribution < -0.4 is 5.32 Å². The van der Waals surface area contributed by atoms with Gasteiger partial charge in [-0.15, -0.1) is 0 Å². The summed E-state index contributed by atoms with van der Waals surface area (Å²) in [4.78, 5) is 58.0. The molecule has 0 heterocycles. The van der Waals surface area contributed by atoms with Gasteiger partial charge in [-0.3, -0.25) is 39.9 Å². The number of nitrogens with one attached hydrogen (secondary N) is 1. The summed E-state index contributed by atoms with van der Waals surface area (Å²) in [6, 6.07) is 3.50. The van der Waals surface area contributed by atoms with Crippen molar-refractivity contribution in [1.29, 1.82) is 0 Å². The first-order valence-corrected chi connectivity index (χ1v) is 11.8. The van der Waals surface area contributed by atoms with Crippen molar-refractivity contribution in [3.8, 4) is 11.1 Å². The van der Waals surface area contributed by atoms with E-state index in [1.54, 1.807) is 0 Å². The highest BCUT2D eigenvalue weighted by atomic mass is 16.6. The second-order valence-electron chi connectivity index (χ2n) is 8.63. The lowest BCUT2D eigenvalue weighted by molar-refractivity contribution is -0.393. The first kappa shape index (κ1) is 26.4. The Morgan fingerprint density at radius 3 is 1.83 bits per heavy atom. The molecule has 1 aliphatic carbocycles. The molecule has 2 aromatic carbocycles. The molecular formula is C24H26N4O8. The number of amides is 1. The van der Waals surface area contributed by atoms with Gasteiger partial charge in [0.1, 0.15) is 0 Å². The van der Waals surface area contributed by atoms with E-state index in [1.807, 2.05) is 0 Å². The van der Waals surface area contributed by atoms with Crippen LogP contribution in [0.4, 0.5) is 17.1 Å². The first-order valence-electron chi connectivity index (χ1n) is 11.8. The van der Waals surface area contributed by atoms with Gasteiger partial charge in [-0.1, -0.05) is 51.9 Å². The van der Waals surface area contributed by atoms with Crippen LogP contribution in [0, 0.1) is 30.3 Å². The molecule has 0 saturated carbocycles. The van der Waals surface area contributed by atoms with Crippen LogP contribution >= 0.6 is 0 Å². The van der Waals surface area contributed by atoms with Crippen molar-refractivity contribution < 1.29 is 24.4 Å². The Morgan fingerprint density at radius 1 is 0.750 bits per heavy atom.